The fourth-order valence-corrected chi connectivity index (χ4v) is 1.47. The zero-order valence-corrected chi connectivity index (χ0v) is 8.36. The SMILES string of the molecule is Cc1cc(O)n(-c2cccc(Cl)c2)n1. The van der Waals surface area contributed by atoms with Crippen LogP contribution in [0.1, 0.15) is 5.69 Å². The van der Waals surface area contributed by atoms with Crippen LogP contribution in [0.4, 0.5) is 0 Å². The molecule has 1 aromatic heterocycles. The van der Waals surface area contributed by atoms with Gasteiger partial charge in [0.2, 0.25) is 5.88 Å². The van der Waals surface area contributed by atoms with Crippen LogP contribution in [0, 0.1) is 6.92 Å². The van der Waals surface area contributed by atoms with Gasteiger partial charge in [0.1, 0.15) is 0 Å². The largest absolute Gasteiger partial charge is 0.493 e. The van der Waals surface area contributed by atoms with Crippen molar-refractivity contribution >= 4 is 11.6 Å². The molecule has 0 aliphatic heterocycles. The van der Waals surface area contributed by atoms with E-state index >= 15 is 0 Å². The lowest BCUT2D eigenvalue weighted by Crippen LogP contribution is -1.95. The predicted octanol–water partition coefficient (Wildman–Crippen LogP) is 2.54. The second kappa shape index (κ2) is 3.35. The van der Waals surface area contributed by atoms with Gasteiger partial charge in [0, 0.05) is 11.1 Å². The van der Waals surface area contributed by atoms with Crippen molar-refractivity contribution in [2.45, 2.75) is 6.92 Å². The highest BCUT2D eigenvalue weighted by Crippen LogP contribution is 2.20. The van der Waals surface area contributed by atoms with Crippen molar-refractivity contribution in [2.24, 2.45) is 0 Å². The minimum absolute atomic E-state index is 0.116. The van der Waals surface area contributed by atoms with Gasteiger partial charge >= 0.3 is 0 Å². The summed E-state index contributed by atoms with van der Waals surface area (Å²) in [7, 11) is 0. The molecule has 0 saturated carbocycles. The molecule has 1 aromatic carbocycles. The Bertz CT molecular complexity index is 465. The zero-order chi connectivity index (χ0) is 10.1. The molecule has 0 spiro atoms. The molecule has 4 heteroatoms. The lowest BCUT2D eigenvalue weighted by atomic mass is 10.3. The highest BCUT2D eigenvalue weighted by atomic mass is 35.5. The molecule has 72 valence electrons. The maximum absolute atomic E-state index is 9.53. The first-order chi connectivity index (χ1) is 6.66. The second-order valence-electron chi connectivity index (χ2n) is 3.04. The molecule has 0 bridgehead atoms. The molecule has 1 N–H and O–H groups in total. The van der Waals surface area contributed by atoms with E-state index in [1.807, 2.05) is 19.1 Å². The average molecular weight is 209 g/mol. The maximum Gasteiger partial charge on any atom is 0.214 e. The predicted molar refractivity (Wildman–Crippen MR) is 55.0 cm³/mol. The molecular formula is C10H9ClN2O. The summed E-state index contributed by atoms with van der Waals surface area (Å²) in [6.45, 7) is 1.82. The van der Waals surface area contributed by atoms with Gasteiger partial charge in [0.05, 0.1) is 11.4 Å². The number of aryl methyl sites for hydroxylation is 1. The molecule has 1 heterocycles. The number of hydrogen-bond acceptors (Lipinski definition) is 2. The third kappa shape index (κ3) is 1.59. The molecule has 0 unspecified atom stereocenters. The van der Waals surface area contributed by atoms with Crippen LogP contribution in [-0.2, 0) is 0 Å². The molecular weight excluding hydrogens is 200 g/mol. The number of nitrogens with zero attached hydrogens (tertiary/aromatic N) is 2. The van der Waals surface area contributed by atoms with Crippen molar-refractivity contribution in [3.05, 3.63) is 41.0 Å². The van der Waals surface area contributed by atoms with Gasteiger partial charge in [-0.25, -0.2) is 4.68 Å². The first-order valence-electron chi connectivity index (χ1n) is 4.18. The maximum atomic E-state index is 9.53. The summed E-state index contributed by atoms with van der Waals surface area (Å²) in [5.74, 6) is 0.116. The van der Waals surface area contributed by atoms with Gasteiger partial charge in [0.25, 0.3) is 0 Å². The van der Waals surface area contributed by atoms with Gasteiger partial charge in [-0.15, -0.1) is 0 Å². The van der Waals surface area contributed by atoms with Crippen molar-refractivity contribution in [1.29, 1.82) is 0 Å². The molecule has 3 nitrogen and oxygen atoms in total. The molecule has 0 aliphatic rings. The van der Waals surface area contributed by atoms with Gasteiger partial charge in [0.15, 0.2) is 0 Å². The van der Waals surface area contributed by atoms with Crippen molar-refractivity contribution in [1.82, 2.24) is 9.78 Å². The highest BCUT2D eigenvalue weighted by Gasteiger charge is 2.05. The summed E-state index contributed by atoms with van der Waals surface area (Å²) in [5, 5.41) is 14.3. The van der Waals surface area contributed by atoms with Crippen LogP contribution in [0.15, 0.2) is 30.3 Å². The third-order valence-corrected chi connectivity index (χ3v) is 2.10. The Hall–Kier alpha value is -1.48. The van der Waals surface area contributed by atoms with Crippen LogP contribution < -0.4 is 0 Å². The van der Waals surface area contributed by atoms with E-state index in [1.54, 1.807) is 18.2 Å². The minimum atomic E-state index is 0.116. The van der Waals surface area contributed by atoms with Crippen molar-refractivity contribution in [3.63, 3.8) is 0 Å². The summed E-state index contributed by atoms with van der Waals surface area (Å²) < 4.78 is 1.45. The summed E-state index contributed by atoms with van der Waals surface area (Å²) in [6, 6.07) is 8.76. The Morgan fingerprint density at radius 3 is 2.71 bits per heavy atom. The highest BCUT2D eigenvalue weighted by molar-refractivity contribution is 6.30. The summed E-state index contributed by atoms with van der Waals surface area (Å²) in [5.41, 5.74) is 1.52. The average Bonchev–Trinajstić information content (AvgIpc) is 2.45. The van der Waals surface area contributed by atoms with E-state index in [9.17, 15) is 5.11 Å². The van der Waals surface area contributed by atoms with Gasteiger partial charge in [-0.05, 0) is 25.1 Å². The van der Waals surface area contributed by atoms with Crippen molar-refractivity contribution < 1.29 is 5.11 Å². The molecule has 2 aromatic rings. The number of rotatable bonds is 1. The number of aromatic hydroxyl groups is 1. The number of hydrogen-bond donors (Lipinski definition) is 1. The van der Waals surface area contributed by atoms with Gasteiger partial charge < -0.3 is 5.11 Å². The van der Waals surface area contributed by atoms with E-state index in [0.717, 1.165) is 11.4 Å². The van der Waals surface area contributed by atoms with E-state index in [1.165, 1.54) is 4.68 Å². The van der Waals surface area contributed by atoms with Crippen LogP contribution >= 0.6 is 11.6 Å². The van der Waals surface area contributed by atoms with Gasteiger partial charge in [-0.3, -0.25) is 0 Å². The molecule has 0 aliphatic carbocycles. The van der Waals surface area contributed by atoms with Crippen molar-refractivity contribution in [3.8, 4) is 11.6 Å². The van der Waals surface area contributed by atoms with Crippen LogP contribution in [0.5, 0.6) is 5.88 Å². The number of aromatic nitrogens is 2. The van der Waals surface area contributed by atoms with Crippen LogP contribution in [0.25, 0.3) is 5.69 Å². The van der Waals surface area contributed by atoms with E-state index in [0.29, 0.717) is 5.02 Å². The topological polar surface area (TPSA) is 38.0 Å². The molecule has 0 fully saturated rings. The van der Waals surface area contributed by atoms with Gasteiger partial charge in [-0.2, -0.15) is 5.10 Å². The standard InChI is InChI=1S/C10H9ClN2O/c1-7-5-10(14)13(12-7)9-4-2-3-8(11)6-9/h2-6,14H,1H3. The number of benzene rings is 1. The summed E-state index contributed by atoms with van der Waals surface area (Å²) in [6.07, 6.45) is 0. The fraction of sp³-hybridized carbons (Fsp3) is 0.100. The van der Waals surface area contributed by atoms with E-state index in [4.69, 9.17) is 11.6 Å². The quantitative estimate of drug-likeness (QED) is 0.782. The smallest absolute Gasteiger partial charge is 0.214 e. The van der Waals surface area contributed by atoms with E-state index in [-0.39, 0.29) is 5.88 Å². The molecule has 2 rings (SSSR count). The van der Waals surface area contributed by atoms with Crippen LogP contribution in [-0.4, -0.2) is 14.9 Å². The fourth-order valence-electron chi connectivity index (χ4n) is 1.28. The Labute approximate surface area is 86.6 Å². The molecule has 0 radical (unpaired) electrons. The van der Waals surface area contributed by atoms with Gasteiger partial charge in [-0.1, -0.05) is 17.7 Å². The number of halogens is 1. The second-order valence-corrected chi connectivity index (χ2v) is 3.47. The third-order valence-electron chi connectivity index (χ3n) is 1.87. The van der Waals surface area contributed by atoms with Crippen molar-refractivity contribution in [2.75, 3.05) is 0 Å². The van der Waals surface area contributed by atoms with E-state index < -0.39 is 0 Å². The Balaban J connectivity index is 2.54. The summed E-state index contributed by atoms with van der Waals surface area (Å²) in [4.78, 5) is 0. The normalized spacial score (nSPS) is 10.4. The molecule has 0 amide bonds. The summed E-state index contributed by atoms with van der Waals surface area (Å²) >= 11 is 5.83. The molecule has 0 saturated heterocycles. The molecule has 14 heavy (non-hydrogen) atoms. The van der Waals surface area contributed by atoms with Crippen LogP contribution in [0.2, 0.25) is 5.02 Å². The Morgan fingerprint density at radius 2 is 2.14 bits per heavy atom. The molecule has 0 atom stereocenters. The zero-order valence-electron chi connectivity index (χ0n) is 7.61. The first kappa shape index (κ1) is 9.09. The Morgan fingerprint density at radius 1 is 1.36 bits per heavy atom. The minimum Gasteiger partial charge on any atom is -0.493 e. The lowest BCUT2D eigenvalue weighted by Gasteiger charge is -2.02. The van der Waals surface area contributed by atoms with E-state index in [2.05, 4.69) is 5.10 Å². The van der Waals surface area contributed by atoms with Crippen LogP contribution in [0.3, 0.4) is 0 Å². The monoisotopic (exact) mass is 208 g/mol. The lowest BCUT2D eigenvalue weighted by molar-refractivity contribution is 0.433. The first-order valence-corrected chi connectivity index (χ1v) is 4.56. The Kier molecular flexibility index (Phi) is 2.17.